The average Bonchev–Trinajstić information content (AvgIpc) is 2.82. The Kier molecular flexibility index (Phi) is 12.1. The Morgan fingerprint density at radius 3 is 1.87 bits per heavy atom. The summed E-state index contributed by atoms with van der Waals surface area (Å²) < 4.78 is 4.65. The molecule has 0 bridgehead atoms. The summed E-state index contributed by atoms with van der Waals surface area (Å²) in [5, 5.41) is 0.792. The maximum Gasteiger partial charge on any atom is 0.305 e. The van der Waals surface area contributed by atoms with Crippen LogP contribution in [0.1, 0.15) is 89.7 Å². The molecule has 0 aliphatic rings. The molecule has 5 heteroatoms. The maximum absolute atomic E-state index is 12.7. The van der Waals surface area contributed by atoms with Gasteiger partial charge >= 0.3 is 5.97 Å². The Bertz CT molecular complexity index is 800. The Morgan fingerprint density at radius 1 is 0.806 bits per heavy atom. The van der Waals surface area contributed by atoms with Crippen molar-refractivity contribution in [3.63, 3.8) is 0 Å². The number of benzene rings is 2. The molecule has 0 N–H and O–H groups in total. The van der Waals surface area contributed by atoms with E-state index in [1.807, 2.05) is 36.4 Å². The summed E-state index contributed by atoms with van der Waals surface area (Å²) in [7, 11) is 1.44. The topological polar surface area (TPSA) is 43.4 Å². The fraction of sp³-hybridized carbons (Fsp3) is 0.462. The van der Waals surface area contributed by atoms with E-state index in [2.05, 4.69) is 48.7 Å². The van der Waals surface area contributed by atoms with E-state index < -0.39 is 0 Å². The first-order chi connectivity index (χ1) is 15.0. The van der Waals surface area contributed by atoms with Gasteiger partial charge in [0.1, 0.15) is 0 Å². The Morgan fingerprint density at radius 2 is 1.32 bits per heavy atom. The molecule has 31 heavy (non-hydrogen) atoms. The van der Waals surface area contributed by atoms with E-state index in [0.29, 0.717) is 11.2 Å². The average molecular weight is 552 g/mol. The molecule has 0 fully saturated rings. The summed E-state index contributed by atoms with van der Waals surface area (Å²) in [5.74, 6) is -0.0462. The van der Waals surface area contributed by atoms with Crippen molar-refractivity contribution in [1.82, 2.24) is 0 Å². The van der Waals surface area contributed by atoms with Gasteiger partial charge in [-0.25, -0.2) is 0 Å². The summed E-state index contributed by atoms with van der Waals surface area (Å²) in [6.45, 7) is 0. The van der Waals surface area contributed by atoms with E-state index in [9.17, 15) is 9.59 Å². The van der Waals surface area contributed by atoms with Crippen molar-refractivity contribution in [2.75, 3.05) is 7.11 Å². The molecule has 1 unspecified atom stereocenters. The van der Waals surface area contributed by atoms with E-state index in [1.165, 1.54) is 44.8 Å². The third kappa shape index (κ3) is 9.28. The standard InChI is InChI=1S/C26H32Br2O3/c1-31-25(29)10-8-6-4-2-3-5-7-9-24(28)21-15-17-23(18-16-21)26(30)22-13-11-20(19-27)12-14-22/h11-18,24H,2-10,19H2,1H3. The van der Waals surface area contributed by atoms with Gasteiger partial charge < -0.3 is 4.74 Å². The van der Waals surface area contributed by atoms with Crippen LogP contribution < -0.4 is 0 Å². The van der Waals surface area contributed by atoms with Gasteiger partial charge in [-0.2, -0.15) is 0 Å². The second-order valence-corrected chi connectivity index (χ2v) is 9.50. The number of methoxy groups -OCH3 is 1. The van der Waals surface area contributed by atoms with Crippen molar-refractivity contribution in [2.24, 2.45) is 0 Å². The molecule has 0 amide bonds. The summed E-state index contributed by atoms with van der Waals surface area (Å²) in [6.07, 6.45) is 9.69. The summed E-state index contributed by atoms with van der Waals surface area (Å²) in [5.41, 5.74) is 3.82. The van der Waals surface area contributed by atoms with Gasteiger partial charge in [-0.1, -0.05) is 119 Å². The third-order valence-corrected chi connectivity index (χ3v) is 7.11. The first kappa shape index (κ1) is 25.8. The van der Waals surface area contributed by atoms with E-state index >= 15 is 0 Å². The van der Waals surface area contributed by atoms with Crippen molar-refractivity contribution in [1.29, 1.82) is 0 Å². The van der Waals surface area contributed by atoms with Crippen molar-refractivity contribution in [2.45, 2.75) is 67.9 Å². The zero-order valence-corrected chi connectivity index (χ0v) is 21.4. The van der Waals surface area contributed by atoms with Gasteiger partial charge in [-0.05, 0) is 24.0 Å². The molecular formula is C26H32Br2O3. The van der Waals surface area contributed by atoms with E-state index in [0.717, 1.165) is 41.3 Å². The van der Waals surface area contributed by atoms with Crippen LogP contribution in [0.4, 0.5) is 0 Å². The normalized spacial score (nSPS) is 11.8. The zero-order valence-electron chi connectivity index (χ0n) is 18.2. The number of ether oxygens (including phenoxy) is 1. The summed E-state index contributed by atoms with van der Waals surface area (Å²) in [6, 6.07) is 15.7. The molecule has 0 aliphatic carbocycles. The number of carbonyl (C=O) groups excluding carboxylic acids is 2. The lowest BCUT2D eigenvalue weighted by Crippen LogP contribution is -2.02. The van der Waals surface area contributed by atoms with Gasteiger partial charge in [0, 0.05) is 27.7 Å². The van der Waals surface area contributed by atoms with Gasteiger partial charge in [0.05, 0.1) is 7.11 Å². The highest BCUT2D eigenvalue weighted by Crippen LogP contribution is 2.29. The monoisotopic (exact) mass is 550 g/mol. The van der Waals surface area contributed by atoms with Gasteiger partial charge in [0.25, 0.3) is 0 Å². The number of hydrogen-bond donors (Lipinski definition) is 0. The molecule has 1 atom stereocenters. The largest absolute Gasteiger partial charge is 0.469 e. The predicted octanol–water partition coefficient (Wildman–Crippen LogP) is 7.93. The van der Waals surface area contributed by atoms with E-state index in [1.54, 1.807) is 0 Å². The van der Waals surface area contributed by atoms with Gasteiger partial charge in [-0.3, -0.25) is 9.59 Å². The second-order valence-electron chi connectivity index (χ2n) is 7.84. The van der Waals surface area contributed by atoms with Crippen LogP contribution >= 0.6 is 31.9 Å². The highest BCUT2D eigenvalue weighted by molar-refractivity contribution is 9.09. The lowest BCUT2D eigenvalue weighted by Gasteiger charge is -2.11. The van der Waals surface area contributed by atoms with Crippen molar-refractivity contribution < 1.29 is 14.3 Å². The van der Waals surface area contributed by atoms with Gasteiger partial charge in [0.2, 0.25) is 0 Å². The Labute approximate surface area is 203 Å². The summed E-state index contributed by atoms with van der Waals surface area (Å²) in [4.78, 5) is 24.0. The molecule has 0 aromatic heterocycles. The van der Waals surface area contributed by atoms with Gasteiger partial charge in [-0.15, -0.1) is 0 Å². The van der Waals surface area contributed by atoms with Gasteiger partial charge in [0.15, 0.2) is 5.78 Å². The molecule has 0 aliphatic heterocycles. The van der Waals surface area contributed by atoms with Crippen molar-refractivity contribution in [3.8, 4) is 0 Å². The number of rotatable bonds is 14. The van der Waals surface area contributed by atoms with Crippen LogP contribution in [-0.2, 0) is 14.9 Å². The smallest absolute Gasteiger partial charge is 0.305 e. The fourth-order valence-corrected chi connectivity index (χ4v) is 4.50. The molecule has 2 aromatic carbocycles. The SMILES string of the molecule is COC(=O)CCCCCCCCCC(Br)c1ccc(C(=O)c2ccc(CBr)cc2)cc1. The van der Waals surface area contributed by atoms with Crippen LogP contribution in [0.5, 0.6) is 0 Å². The predicted molar refractivity (Wildman–Crippen MR) is 134 cm³/mol. The molecule has 3 nitrogen and oxygen atoms in total. The van der Waals surface area contributed by atoms with E-state index in [-0.39, 0.29) is 11.8 Å². The number of carbonyl (C=O) groups is 2. The molecule has 2 aromatic rings. The van der Waals surface area contributed by atoms with Crippen LogP contribution in [-0.4, -0.2) is 18.9 Å². The van der Waals surface area contributed by atoms with E-state index in [4.69, 9.17) is 0 Å². The minimum atomic E-state index is -0.107. The molecule has 168 valence electrons. The van der Waals surface area contributed by atoms with Crippen molar-refractivity contribution in [3.05, 3.63) is 70.8 Å². The van der Waals surface area contributed by atoms with Crippen LogP contribution in [0.2, 0.25) is 0 Å². The van der Waals surface area contributed by atoms with Crippen LogP contribution in [0.3, 0.4) is 0 Å². The number of unbranched alkanes of at least 4 members (excludes halogenated alkanes) is 6. The quantitative estimate of drug-likeness (QED) is 0.104. The molecule has 0 spiro atoms. The number of ketones is 1. The minimum absolute atomic E-state index is 0.0605. The lowest BCUT2D eigenvalue weighted by molar-refractivity contribution is -0.140. The zero-order chi connectivity index (χ0) is 22.5. The third-order valence-electron chi connectivity index (χ3n) is 5.47. The second kappa shape index (κ2) is 14.6. The molecule has 0 saturated carbocycles. The fourth-order valence-electron chi connectivity index (χ4n) is 3.50. The first-order valence-electron chi connectivity index (χ1n) is 11.1. The Balaban J connectivity index is 1.66. The maximum atomic E-state index is 12.7. The van der Waals surface area contributed by atoms with Crippen LogP contribution in [0, 0.1) is 0 Å². The lowest BCUT2D eigenvalue weighted by atomic mass is 9.99. The molecule has 2 rings (SSSR count). The molecule has 0 heterocycles. The number of esters is 1. The highest BCUT2D eigenvalue weighted by Gasteiger charge is 2.11. The molecule has 0 radical (unpaired) electrons. The number of halogens is 2. The highest BCUT2D eigenvalue weighted by atomic mass is 79.9. The number of alkyl halides is 2. The first-order valence-corrected chi connectivity index (χ1v) is 13.1. The minimum Gasteiger partial charge on any atom is -0.469 e. The van der Waals surface area contributed by atoms with Crippen molar-refractivity contribution >= 4 is 43.6 Å². The number of hydrogen-bond acceptors (Lipinski definition) is 3. The molecule has 0 saturated heterocycles. The van der Waals surface area contributed by atoms with Crippen LogP contribution in [0.15, 0.2) is 48.5 Å². The summed E-state index contributed by atoms with van der Waals surface area (Å²) >= 11 is 7.23. The van der Waals surface area contributed by atoms with Crippen LogP contribution in [0.25, 0.3) is 0 Å². The molecular weight excluding hydrogens is 520 g/mol. The Hall–Kier alpha value is -1.46.